The van der Waals surface area contributed by atoms with Gasteiger partial charge in [-0.3, -0.25) is 4.79 Å². The van der Waals surface area contributed by atoms with Crippen LogP contribution in [0.5, 0.6) is 11.5 Å². The fraction of sp³-hybridized carbons (Fsp3) is 0.238. The minimum Gasteiger partial charge on any atom is -0.497 e. The van der Waals surface area contributed by atoms with Gasteiger partial charge < -0.3 is 19.8 Å². The van der Waals surface area contributed by atoms with Crippen LogP contribution >= 0.6 is 0 Å². The van der Waals surface area contributed by atoms with Crippen molar-refractivity contribution in [1.82, 2.24) is 15.3 Å². The zero-order valence-corrected chi connectivity index (χ0v) is 15.3. The summed E-state index contributed by atoms with van der Waals surface area (Å²) in [4.78, 5) is 20.1. The van der Waals surface area contributed by atoms with Crippen molar-refractivity contribution < 1.29 is 9.47 Å². The van der Waals surface area contributed by atoms with Crippen LogP contribution in [0.15, 0.2) is 47.3 Å². The van der Waals surface area contributed by atoms with Crippen molar-refractivity contribution in [1.29, 1.82) is 0 Å². The summed E-state index contributed by atoms with van der Waals surface area (Å²) in [7, 11) is 3.10. The van der Waals surface area contributed by atoms with Crippen molar-refractivity contribution in [3.8, 4) is 22.9 Å². The van der Waals surface area contributed by atoms with E-state index in [1.807, 2.05) is 12.1 Å². The van der Waals surface area contributed by atoms with Gasteiger partial charge in [-0.05, 0) is 24.1 Å². The molecule has 0 spiro atoms. The van der Waals surface area contributed by atoms with Gasteiger partial charge in [0.05, 0.1) is 19.7 Å². The van der Waals surface area contributed by atoms with Crippen molar-refractivity contribution in [2.24, 2.45) is 0 Å². The highest BCUT2D eigenvalue weighted by Gasteiger charge is 2.13. The maximum Gasteiger partial charge on any atom is 0.262 e. The Morgan fingerprint density at radius 1 is 1.04 bits per heavy atom. The molecule has 138 valence electrons. The third-order valence-electron chi connectivity index (χ3n) is 4.79. The second-order valence-corrected chi connectivity index (χ2v) is 6.40. The molecule has 27 heavy (non-hydrogen) atoms. The Balaban J connectivity index is 1.77. The molecule has 1 aromatic heterocycles. The lowest BCUT2D eigenvalue weighted by atomic mass is 9.99. The molecular formula is C21H21N3O3. The maximum atomic E-state index is 12.6. The van der Waals surface area contributed by atoms with Crippen LogP contribution in [-0.4, -0.2) is 37.3 Å². The molecule has 1 aliphatic heterocycles. The van der Waals surface area contributed by atoms with E-state index in [1.165, 1.54) is 18.2 Å². The van der Waals surface area contributed by atoms with E-state index in [9.17, 15) is 4.79 Å². The number of benzene rings is 2. The molecule has 0 bridgehead atoms. The van der Waals surface area contributed by atoms with Crippen molar-refractivity contribution in [2.75, 3.05) is 27.3 Å². The lowest BCUT2D eigenvalue weighted by molar-refractivity contribution is 0.397. The zero-order valence-electron chi connectivity index (χ0n) is 15.3. The van der Waals surface area contributed by atoms with Crippen molar-refractivity contribution >= 4 is 16.5 Å². The summed E-state index contributed by atoms with van der Waals surface area (Å²) in [6.07, 6.45) is 3.23. The Hall–Kier alpha value is -3.12. The summed E-state index contributed by atoms with van der Waals surface area (Å²) in [6.45, 7) is 1.90. The quantitative estimate of drug-likeness (QED) is 0.745. The molecule has 2 heterocycles. The van der Waals surface area contributed by atoms with Crippen LogP contribution in [-0.2, 0) is 0 Å². The Kier molecular flexibility index (Phi) is 4.64. The van der Waals surface area contributed by atoms with E-state index in [1.54, 1.807) is 19.2 Å². The number of hydrogen-bond acceptors (Lipinski definition) is 5. The van der Waals surface area contributed by atoms with Gasteiger partial charge in [-0.1, -0.05) is 30.3 Å². The fourth-order valence-corrected chi connectivity index (χ4v) is 3.35. The predicted octanol–water partition coefficient (Wildman–Crippen LogP) is 2.98. The molecule has 0 saturated heterocycles. The van der Waals surface area contributed by atoms with Gasteiger partial charge in [0.25, 0.3) is 5.56 Å². The smallest absolute Gasteiger partial charge is 0.262 e. The fourth-order valence-electron chi connectivity index (χ4n) is 3.35. The van der Waals surface area contributed by atoms with E-state index in [2.05, 4.69) is 33.5 Å². The highest BCUT2D eigenvalue weighted by molar-refractivity contribution is 5.87. The van der Waals surface area contributed by atoms with Crippen molar-refractivity contribution in [2.45, 2.75) is 6.42 Å². The molecule has 4 rings (SSSR count). The molecular weight excluding hydrogens is 342 g/mol. The van der Waals surface area contributed by atoms with Crippen LogP contribution in [0.1, 0.15) is 12.0 Å². The molecule has 3 aromatic rings. The third kappa shape index (κ3) is 3.31. The molecule has 0 saturated carbocycles. The average molecular weight is 363 g/mol. The Bertz CT molecular complexity index is 1070. The molecule has 2 N–H and O–H groups in total. The minimum absolute atomic E-state index is 0.236. The van der Waals surface area contributed by atoms with Gasteiger partial charge in [0, 0.05) is 24.2 Å². The molecule has 6 nitrogen and oxygen atoms in total. The van der Waals surface area contributed by atoms with E-state index in [4.69, 9.17) is 9.47 Å². The summed E-state index contributed by atoms with van der Waals surface area (Å²) < 4.78 is 10.6. The van der Waals surface area contributed by atoms with Crippen LogP contribution in [0.3, 0.4) is 0 Å². The number of ether oxygens (including phenoxy) is 2. The second-order valence-electron chi connectivity index (χ2n) is 6.40. The van der Waals surface area contributed by atoms with Crippen molar-refractivity contribution in [3.05, 3.63) is 58.4 Å². The molecule has 6 heteroatoms. The van der Waals surface area contributed by atoms with Crippen LogP contribution in [0, 0.1) is 0 Å². The van der Waals surface area contributed by atoms with Gasteiger partial charge in [0.1, 0.15) is 22.7 Å². The number of H-pyrrole nitrogens is 1. The van der Waals surface area contributed by atoms with E-state index in [0.29, 0.717) is 28.2 Å². The summed E-state index contributed by atoms with van der Waals surface area (Å²) >= 11 is 0. The van der Waals surface area contributed by atoms with Crippen LogP contribution in [0.4, 0.5) is 0 Å². The molecule has 0 unspecified atom stereocenters. The first-order chi connectivity index (χ1) is 13.2. The van der Waals surface area contributed by atoms with Gasteiger partial charge in [0.15, 0.2) is 0 Å². The highest BCUT2D eigenvalue weighted by atomic mass is 16.5. The normalized spacial score (nSPS) is 14.1. The zero-order chi connectivity index (χ0) is 18.8. The molecule has 1 aliphatic rings. The number of fused-ring (bicyclic) bond motifs is 1. The van der Waals surface area contributed by atoms with Gasteiger partial charge in [-0.25, -0.2) is 4.98 Å². The van der Waals surface area contributed by atoms with E-state index in [-0.39, 0.29) is 5.56 Å². The molecule has 0 atom stereocenters. The van der Waals surface area contributed by atoms with Crippen LogP contribution in [0.2, 0.25) is 0 Å². The lowest BCUT2D eigenvalue weighted by Crippen LogP contribution is -2.19. The minimum atomic E-state index is -0.236. The summed E-state index contributed by atoms with van der Waals surface area (Å²) in [5, 5.41) is 3.73. The van der Waals surface area contributed by atoms with E-state index >= 15 is 0 Å². The van der Waals surface area contributed by atoms with Crippen molar-refractivity contribution in [3.63, 3.8) is 0 Å². The molecule has 0 amide bonds. The standard InChI is InChI=1S/C21H21N3O3/c1-26-16-11-17-19(18(12-16)27-2)21(25)24-20(23-17)15-5-3-13(4-6-15)14-7-9-22-10-8-14/h3-7,11-12,22H,8-10H2,1-2H3,(H,23,24,25). The largest absolute Gasteiger partial charge is 0.497 e. The highest BCUT2D eigenvalue weighted by Crippen LogP contribution is 2.29. The first kappa shape index (κ1) is 17.3. The number of aromatic nitrogens is 2. The molecule has 0 fully saturated rings. The monoisotopic (exact) mass is 363 g/mol. The SMILES string of the molecule is COc1cc(OC)c2c(=O)[nH]c(-c3ccc(C4=CCNCC4)cc3)nc2c1. The number of rotatable bonds is 4. The second kappa shape index (κ2) is 7.25. The summed E-state index contributed by atoms with van der Waals surface area (Å²) in [5.41, 5.74) is 3.70. The first-order valence-corrected chi connectivity index (χ1v) is 8.86. The van der Waals surface area contributed by atoms with E-state index in [0.717, 1.165) is 25.1 Å². The van der Waals surface area contributed by atoms with Crippen LogP contribution in [0.25, 0.3) is 27.9 Å². The molecule has 0 aliphatic carbocycles. The average Bonchev–Trinajstić information content (AvgIpc) is 2.73. The number of nitrogens with zero attached hydrogens (tertiary/aromatic N) is 1. The summed E-state index contributed by atoms with van der Waals surface area (Å²) in [5.74, 6) is 1.56. The topological polar surface area (TPSA) is 76.2 Å². The molecule has 2 aromatic carbocycles. The molecule has 0 radical (unpaired) electrons. The predicted molar refractivity (Wildman–Crippen MR) is 106 cm³/mol. The Morgan fingerprint density at radius 3 is 2.48 bits per heavy atom. The first-order valence-electron chi connectivity index (χ1n) is 8.86. The number of methoxy groups -OCH3 is 2. The van der Waals surface area contributed by atoms with Gasteiger partial charge in [-0.2, -0.15) is 0 Å². The Morgan fingerprint density at radius 2 is 1.81 bits per heavy atom. The Labute approximate surface area is 156 Å². The number of hydrogen-bond donors (Lipinski definition) is 2. The van der Waals surface area contributed by atoms with Gasteiger partial charge >= 0.3 is 0 Å². The maximum absolute atomic E-state index is 12.6. The summed E-state index contributed by atoms with van der Waals surface area (Å²) in [6, 6.07) is 11.5. The lowest BCUT2D eigenvalue weighted by Gasteiger charge is -2.14. The van der Waals surface area contributed by atoms with Crippen LogP contribution < -0.4 is 20.3 Å². The van der Waals surface area contributed by atoms with E-state index < -0.39 is 0 Å². The van der Waals surface area contributed by atoms with Gasteiger partial charge in [0.2, 0.25) is 0 Å². The van der Waals surface area contributed by atoms with Gasteiger partial charge in [-0.15, -0.1) is 0 Å². The number of aromatic amines is 1. The number of nitrogens with one attached hydrogen (secondary N) is 2. The third-order valence-corrected chi connectivity index (χ3v) is 4.79.